The number of hydrogen-bond donors (Lipinski definition) is 1. The monoisotopic (exact) mass is 412 g/mol. The number of aromatic nitrogens is 1. The molecule has 3 aromatic rings. The van der Waals surface area contributed by atoms with Crippen LogP contribution in [0.1, 0.15) is 28.4 Å². The molecule has 0 saturated carbocycles. The predicted octanol–water partition coefficient (Wildman–Crippen LogP) is 5.12. The van der Waals surface area contributed by atoms with Gasteiger partial charge in [0.1, 0.15) is 17.7 Å². The van der Waals surface area contributed by atoms with Crippen LogP contribution in [0.5, 0.6) is 5.75 Å². The third-order valence-corrected chi connectivity index (χ3v) is 4.63. The molecule has 3 rings (SSSR count). The van der Waals surface area contributed by atoms with Crippen LogP contribution in [-0.2, 0) is 4.74 Å². The second-order valence-corrected chi connectivity index (χ2v) is 7.22. The van der Waals surface area contributed by atoms with Gasteiger partial charge in [-0.25, -0.2) is 9.37 Å². The van der Waals surface area contributed by atoms with Gasteiger partial charge in [0, 0.05) is 29.8 Å². The van der Waals surface area contributed by atoms with E-state index in [-0.39, 0.29) is 17.8 Å². The van der Waals surface area contributed by atoms with Gasteiger partial charge in [0.25, 0.3) is 5.91 Å². The number of amides is 1. The minimum atomic E-state index is -0.313. The van der Waals surface area contributed by atoms with E-state index in [9.17, 15) is 9.18 Å². The van der Waals surface area contributed by atoms with Crippen molar-refractivity contribution in [2.24, 2.45) is 0 Å². The van der Waals surface area contributed by atoms with Gasteiger partial charge in [-0.05, 0) is 36.8 Å². The maximum absolute atomic E-state index is 13.9. The summed E-state index contributed by atoms with van der Waals surface area (Å²) in [5.74, 6) is -0.0912. The van der Waals surface area contributed by atoms with Crippen LogP contribution in [-0.4, -0.2) is 30.7 Å². The lowest BCUT2D eigenvalue weighted by atomic mass is 10.1. The van der Waals surface area contributed by atoms with Crippen LogP contribution < -0.4 is 10.1 Å². The van der Waals surface area contributed by atoms with E-state index in [0.717, 1.165) is 0 Å². The van der Waals surface area contributed by atoms with E-state index in [0.29, 0.717) is 34.2 Å². The Bertz CT molecular complexity index is 989. The van der Waals surface area contributed by atoms with E-state index in [1.165, 1.54) is 17.4 Å². The van der Waals surface area contributed by atoms with Crippen LogP contribution in [0.3, 0.4) is 0 Å². The fourth-order valence-corrected chi connectivity index (χ4v) is 3.19. The third kappa shape index (κ3) is 5.97. The number of nitrogens with one attached hydrogen (secondary N) is 1. The van der Waals surface area contributed by atoms with E-state index in [4.69, 9.17) is 9.47 Å². The van der Waals surface area contributed by atoms with Gasteiger partial charge in [-0.3, -0.25) is 10.1 Å². The van der Waals surface area contributed by atoms with Gasteiger partial charge in [-0.2, -0.15) is 0 Å². The number of rotatable bonds is 8. The summed E-state index contributed by atoms with van der Waals surface area (Å²) in [6.07, 6.45) is 4.83. The van der Waals surface area contributed by atoms with E-state index >= 15 is 0 Å². The number of anilines is 1. The highest BCUT2D eigenvalue weighted by Crippen LogP contribution is 2.22. The Hall–Kier alpha value is -3.03. The molecule has 0 fully saturated rings. The zero-order valence-corrected chi connectivity index (χ0v) is 16.9. The molecule has 0 bridgehead atoms. The molecule has 0 aliphatic rings. The number of methoxy groups -OCH3 is 1. The molecule has 5 nitrogen and oxygen atoms in total. The van der Waals surface area contributed by atoms with Crippen molar-refractivity contribution in [3.05, 3.63) is 76.5 Å². The number of carbonyl (C=O) groups is 1. The molecule has 150 valence electrons. The Morgan fingerprint density at radius 1 is 1.28 bits per heavy atom. The van der Waals surface area contributed by atoms with Crippen LogP contribution >= 0.6 is 11.3 Å². The number of halogens is 1. The maximum atomic E-state index is 13.9. The quantitative estimate of drug-likeness (QED) is 0.522. The van der Waals surface area contributed by atoms with Crippen molar-refractivity contribution in [2.75, 3.05) is 19.0 Å². The van der Waals surface area contributed by atoms with Gasteiger partial charge < -0.3 is 9.47 Å². The highest BCUT2D eigenvalue weighted by Gasteiger charge is 2.12. The Morgan fingerprint density at radius 2 is 2.10 bits per heavy atom. The van der Waals surface area contributed by atoms with Gasteiger partial charge >= 0.3 is 0 Å². The first-order chi connectivity index (χ1) is 14.0. The molecule has 0 aliphatic carbocycles. The summed E-state index contributed by atoms with van der Waals surface area (Å²) in [6, 6.07) is 11.7. The first kappa shape index (κ1) is 20.7. The molecule has 1 atom stereocenters. The van der Waals surface area contributed by atoms with Crippen LogP contribution in [0.25, 0.3) is 12.2 Å². The summed E-state index contributed by atoms with van der Waals surface area (Å²) in [5.41, 5.74) is 1.58. The molecule has 29 heavy (non-hydrogen) atoms. The predicted molar refractivity (Wildman–Crippen MR) is 114 cm³/mol. The van der Waals surface area contributed by atoms with Gasteiger partial charge in [-0.1, -0.05) is 30.4 Å². The fourth-order valence-electron chi connectivity index (χ4n) is 2.67. The summed E-state index contributed by atoms with van der Waals surface area (Å²) in [5, 5.41) is 5.05. The van der Waals surface area contributed by atoms with Crippen molar-refractivity contribution in [2.45, 2.75) is 13.0 Å². The molecule has 2 aromatic carbocycles. The summed E-state index contributed by atoms with van der Waals surface area (Å²) in [7, 11) is 1.60. The summed E-state index contributed by atoms with van der Waals surface area (Å²) in [4.78, 5) is 16.7. The van der Waals surface area contributed by atoms with Crippen molar-refractivity contribution < 1.29 is 18.7 Å². The Kier molecular flexibility index (Phi) is 7.10. The molecule has 0 spiro atoms. The Morgan fingerprint density at radius 3 is 2.83 bits per heavy atom. The molecule has 0 radical (unpaired) electrons. The van der Waals surface area contributed by atoms with Crippen molar-refractivity contribution in [1.29, 1.82) is 0 Å². The Balaban J connectivity index is 1.89. The molecule has 0 aliphatic heterocycles. The van der Waals surface area contributed by atoms with Crippen molar-refractivity contribution in [1.82, 2.24) is 4.98 Å². The molecule has 1 aromatic heterocycles. The third-order valence-electron chi connectivity index (χ3n) is 3.94. The van der Waals surface area contributed by atoms with E-state index < -0.39 is 0 Å². The van der Waals surface area contributed by atoms with Crippen molar-refractivity contribution in [3.63, 3.8) is 0 Å². The fraction of sp³-hybridized carbons (Fsp3) is 0.182. The minimum absolute atomic E-state index is 0.194. The lowest BCUT2D eigenvalue weighted by Crippen LogP contribution is -2.18. The van der Waals surface area contributed by atoms with Crippen molar-refractivity contribution >= 4 is 34.5 Å². The minimum Gasteiger partial charge on any atom is -0.488 e. The number of carbonyl (C=O) groups excluding carboxylic acids is 1. The van der Waals surface area contributed by atoms with Crippen LogP contribution in [0.4, 0.5) is 9.52 Å². The number of benzene rings is 2. The molecule has 1 N–H and O–H groups in total. The highest BCUT2D eigenvalue weighted by atomic mass is 32.1. The van der Waals surface area contributed by atoms with Crippen molar-refractivity contribution in [3.8, 4) is 5.75 Å². The first-order valence-electron chi connectivity index (χ1n) is 8.99. The summed E-state index contributed by atoms with van der Waals surface area (Å²) in [6.45, 7) is 2.29. The summed E-state index contributed by atoms with van der Waals surface area (Å²) >= 11 is 1.33. The zero-order valence-electron chi connectivity index (χ0n) is 16.1. The van der Waals surface area contributed by atoms with E-state index in [1.807, 2.05) is 6.92 Å². The SMILES string of the molecule is COC[C@H](C)Oc1cc(/C=C/c2ccccc2F)cc(C(=O)Nc2nccs2)c1. The molecular formula is C22H21FN2O3S. The number of ether oxygens (including phenoxy) is 2. The highest BCUT2D eigenvalue weighted by molar-refractivity contribution is 7.13. The van der Waals surface area contributed by atoms with E-state index in [1.54, 1.807) is 67.2 Å². The summed E-state index contributed by atoms with van der Waals surface area (Å²) < 4.78 is 24.9. The van der Waals surface area contributed by atoms with Crippen LogP contribution in [0, 0.1) is 5.82 Å². The smallest absolute Gasteiger partial charge is 0.257 e. The molecule has 1 heterocycles. The zero-order chi connectivity index (χ0) is 20.6. The second kappa shape index (κ2) is 9.95. The van der Waals surface area contributed by atoms with Gasteiger partial charge in [-0.15, -0.1) is 11.3 Å². The van der Waals surface area contributed by atoms with Gasteiger partial charge in [0.2, 0.25) is 0 Å². The van der Waals surface area contributed by atoms with Crippen LogP contribution in [0.15, 0.2) is 54.0 Å². The average molecular weight is 412 g/mol. The molecule has 1 amide bonds. The lowest BCUT2D eigenvalue weighted by molar-refractivity contribution is 0.0917. The Labute approximate surface area is 172 Å². The number of hydrogen-bond acceptors (Lipinski definition) is 5. The normalized spacial score (nSPS) is 12.1. The lowest BCUT2D eigenvalue weighted by Gasteiger charge is -2.15. The largest absolute Gasteiger partial charge is 0.488 e. The molecule has 0 unspecified atom stereocenters. The standard InChI is InChI=1S/C22H21FN2O3S/c1-15(14-27-2)28-19-12-16(7-8-17-5-3-4-6-20(17)23)11-18(13-19)21(26)25-22-24-9-10-29-22/h3-13,15H,14H2,1-2H3,(H,24,25,26)/b8-7+/t15-/m0/s1. The van der Waals surface area contributed by atoms with Crippen LogP contribution in [0.2, 0.25) is 0 Å². The molecule has 0 saturated heterocycles. The average Bonchev–Trinajstić information content (AvgIpc) is 3.20. The molecule has 7 heteroatoms. The number of thiazole rings is 1. The molecular weight excluding hydrogens is 391 g/mol. The topological polar surface area (TPSA) is 60.5 Å². The van der Waals surface area contributed by atoms with Gasteiger partial charge in [0.05, 0.1) is 6.61 Å². The van der Waals surface area contributed by atoms with E-state index in [2.05, 4.69) is 10.3 Å². The van der Waals surface area contributed by atoms with Gasteiger partial charge in [0.15, 0.2) is 5.13 Å². The maximum Gasteiger partial charge on any atom is 0.257 e. The first-order valence-corrected chi connectivity index (χ1v) is 9.87. The number of nitrogens with zero attached hydrogens (tertiary/aromatic N) is 1. The second-order valence-electron chi connectivity index (χ2n) is 6.32.